The molecule has 1 aromatic rings. The van der Waals surface area contributed by atoms with Crippen LogP contribution in [0.3, 0.4) is 0 Å². The number of nitrogen functional groups attached to an aromatic ring is 1. The van der Waals surface area contributed by atoms with Gasteiger partial charge >= 0.3 is 0 Å². The monoisotopic (exact) mass is 177 g/mol. The highest BCUT2D eigenvalue weighted by Crippen LogP contribution is 1.97. The molecule has 0 saturated heterocycles. The van der Waals surface area contributed by atoms with Crippen molar-refractivity contribution >= 4 is 5.69 Å². The fraction of sp³-hybridized carbons (Fsp3) is 0.333. The predicted molar refractivity (Wildman–Crippen MR) is 50.0 cm³/mol. The van der Waals surface area contributed by atoms with Crippen molar-refractivity contribution in [1.82, 2.24) is 4.57 Å². The van der Waals surface area contributed by atoms with Gasteiger partial charge in [-0.15, -0.1) is 0 Å². The number of nitrogens with zero attached hydrogens (tertiary/aromatic N) is 2. The molecule has 0 radical (unpaired) electrons. The number of nitriles is 1. The number of aryl methyl sites for hydroxylation is 1. The second-order valence-electron chi connectivity index (χ2n) is 2.76. The van der Waals surface area contributed by atoms with Crippen LogP contribution in [0.15, 0.2) is 23.1 Å². The number of rotatable bonds is 3. The molecule has 13 heavy (non-hydrogen) atoms. The van der Waals surface area contributed by atoms with E-state index in [2.05, 4.69) is 0 Å². The molecule has 0 spiro atoms. The summed E-state index contributed by atoms with van der Waals surface area (Å²) in [5.41, 5.74) is 6.00. The van der Waals surface area contributed by atoms with Gasteiger partial charge in [0.15, 0.2) is 0 Å². The Bertz CT molecular complexity index is 375. The van der Waals surface area contributed by atoms with Gasteiger partial charge in [0.05, 0.1) is 6.07 Å². The minimum Gasteiger partial charge on any atom is -0.398 e. The van der Waals surface area contributed by atoms with E-state index in [0.717, 1.165) is 0 Å². The lowest BCUT2D eigenvalue weighted by molar-refractivity contribution is 0.633. The molecule has 0 unspecified atom stereocenters. The minimum atomic E-state index is -0.0767. The molecule has 0 fully saturated rings. The van der Waals surface area contributed by atoms with Gasteiger partial charge in [0.1, 0.15) is 0 Å². The van der Waals surface area contributed by atoms with E-state index >= 15 is 0 Å². The molecule has 0 aliphatic carbocycles. The van der Waals surface area contributed by atoms with Crippen LogP contribution in [0, 0.1) is 11.3 Å². The van der Waals surface area contributed by atoms with E-state index in [4.69, 9.17) is 11.0 Å². The third-order valence-corrected chi connectivity index (χ3v) is 1.69. The zero-order valence-corrected chi connectivity index (χ0v) is 7.23. The van der Waals surface area contributed by atoms with E-state index in [1.807, 2.05) is 6.07 Å². The Morgan fingerprint density at radius 2 is 2.31 bits per heavy atom. The summed E-state index contributed by atoms with van der Waals surface area (Å²) in [6, 6.07) is 5.03. The largest absolute Gasteiger partial charge is 0.398 e. The minimum absolute atomic E-state index is 0.0767. The Morgan fingerprint density at radius 1 is 1.54 bits per heavy atom. The van der Waals surface area contributed by atoms with Gasteiger partial charge in [-0.25, -0.2) is 0 Å². The van der Waals surface area contributed by atoms with Crippen LogP contribution in [0.5, 0.6) is 0 Å². The predicted octanol–water partition coefficient (Wildman–Crippen LogP) is 0.734. The van der Waals surface area contributed by atoms with Crippen molar-refractivity contribution in [3.8, 4) is 6.07 Å². The van der Waals surface area contributed by atoms with Gasteiger partial charge in [-0.05, 0) is 12.5 Å². The maximum Gasteiger partial charge on any atom is 0.250 e. The maximum atomic E-state index is 11.2. The summed E-state index contributed by atoms with van der Waals surface area (Å²) in [5.74, 6) is 0. The first kappa shape index (κ1) is 9.33. The smallest absolute Gasteiger partial charge is 0.250 e. The van der Waals surface area contributed by atoms with Gasteiger partial charge in [-0.3, -0.25) is 4.79 Å². The van der Waals surface area contributed by atoms with Crippen molar-refractivity contribution < 1.29 is 0 Å². The molecule has 0 aliphatic heterocycles. The molecule has 2 N–H and O–H groups in total. The summed E-state index contributed by atoms with van der Waals surface area (Å²) in [7, 11) is 0. The fourth-order valence-electron chi connectivity index (χ4n) is 1.05. The van der Waals surface area contributed by atoms with Gasteiger partial charge in [0.2, 0.25) is 0 Å². The normalized spacial score (nSPS) is 9.46. The maximum absolute atomic E-state index is 11.2. The number of hydrogen-bond acceptors (Lipinski definition) is 3. The molecule has 1 aromatic heterocycles. The third-order valence-electron chi connectivity index (χ3n) is 1.69. The molecule has 4 nitrogen and oxygen atoms in total. The zero-order valence-electron chi connectivity index (χ0n) is 7.23. The highest BCUT2D eigenvalue weighted by molar-refractivity contribution is 5.33. The molecule has 0 saturated carbocycles. The summed E-state index contributed by atoms with van der Waals surface area (Å²) < 4.78 is 1.52. The molecule has 0 aromatic carbocycles. The van der Waals surface area contributed by atoms with Crippen molar-refractivity contribution in [2.75, 3.05) is 5.73 Å². The van der Waals surface area contributed by atoms with E-state index in [1.165, 1.54) is 10.6 Å². The first-order valence-electron chi connectivity index (χ1n) is 4.07. The molecular weight excluding hydrogens is 166 g/mol. The van der Waals surface area contributed by atoms with E-state index in [1.54, 1.807) is 12.3 Å². The first-order valence-corrected chi connectivity index (χ1v) is 4.07. The third kappa shape index (κ3) is 2.64. The van der Waals surface area contributed by atoms with Crippen LogP contribution in [-0.2, 0) is 6.54 Å². The van der Waals surface area contributed by atoms with Crippen molar-refractivity contribution in [3.05, 3.63) is 28.7 Å². The molecular formula is C9H11N3O. The molecule has 0 aliphatic rings. The lowest BCUT2D eigenvalue weighted by atomic mass is 10.3. The quantitative estimate of drug-likeness (QED) is 0.692. The molecule has 1 rings (SSSR count). The standard InChI is InChI=1S/C9H11N3O/c10-5-1-2-6-12-7-8(11)3-4-9(12)13/h3-4,7H,1-2,6,11H2. The van der Waals surface area contributed by atoms with Crippen LogP contribution in [0.2, 0.25) is 0 Å². The van der Waals surface area contributed by atoms with E-state index in [9.17, 15) is 4.79 Å². The zero-order chi connectivity index (χ0) is 9.68. The highest BCUT2D eigenvalue weighted by atomic mass is 16.1. The lowest BCUT2D eigenvalue weighted by Crippen LogP contribution is -2.18. The summed E-state index contributed by atoms with van der Waals surface area (Å²) in [4.78, 5) is 11.2. The number of aromatic nitrogens is 1. The second-order valence-corrected chi connectivity index (χ2v) is 2.76. The van der Waals surface area contributed by atoms with Crippen LogP contribution in [-0.4, -0.2) is 4.57 Å². The summed E-state index contributed by atoms with van der Waals surface area (Å²) in [5, 5.41) is 8.31. The Morgan fingerprint density at radius 3 is 3.00 bits per heavy atom. The van der Waals surface area contributed by atoms with Crippen LogP contribution in [0.25, 0.3) is 0 Å². The van der Waals surface area contributed by atoms with Gasteiger partial charge < -0.3 is 10.3 Å². The molecule has 0 bridgehead atoms. The van der Waals surface area contributed by atoms with Crippen LogP contribution < -0.4 is 11.3 Å². The fourth-order valence-corrected chi connectivity index (χ4v) is 1.05. The van der Waals surface area contributed by atoms with Crippen molar-refractivity contribution in [1.29, 1.82) is 5.26 Å². The van der Waals surface area contributed by atoms with Crippen LogP contribution >= 0.6 is 0 Å². The SMILES string of the molecule is N#CCCCn1cc(N)ccc1=O. The van der Waals surface area contributed by atoms with E-state index < -0.39 is 0 Å². The summed E-state index contributed by atoms with van der Waals surface area (Å²) >= 11 is 0. The number of unbranched alkanes of at least 4 members (excludes halogenated alkanes) is 1. The van der Waals surface area contributed by atoms with Crippen molar-refractivity contribution in [3.63, 3.8) is 0 Å². The first-order chi connectivity index (χ1) is 6.24. The average Bonchev–Trinajstić information content (AvgIpc) is 2.11. The van der Waals surface area contributed by atoms with Gasteiger partial charge in [0.25, 0.3) is 5.56 Å². The number of hydrogen-bond donors (Lipinski definition) is 1. The molecule has 0 amide bonds. The van der Waals surface area contributed by atoms with Crippen LogP contribution in [0.4, 0.5) is 5.69 Å². The Balaban J connectivity index is 2.71. The van der Waals surface area contributed by atoms with E-state index in [0.29, 0.717) is 25.1 Å². The Labute approximate surface area is 76.2 Å². The molecule has 68 valence electrons. The van der Waals surface area contributed by atoms with Gasteiger partial charge in [-0.1, -0.05) is 0 Å². The highest BCUT2D eigenvalue weighted by Gasteiger charge is 1.95. The van der Waals surface area contributed by atoms with E-state index in [-0.39, 0.29) is 5.56 Å². The summed E-state index contributed by atoms with van der Waals surface area (Å²) in [6.45, 7) is 0.553. The Kier molecular flexibility index (Phi) is 3.09. The van der Waals surface area contributed by atoms with Gasteiger partial charge in [-0.2, -0.15) is 5.26 Å². The average molecular weight is 177 g/mol. The lowest BCUT2D eigenvalue weighted by Gasteiger charge is -2.03. The second kappa shape index (κ2) is 4.31. The molecule has 1 heterocycles. The number of nitrogens with two attached hydrogens (primary N) is 1. The number of anilines is 1. The molecule has 4 heteroatoms. The van der Waals surface area contributed by atoms with Gasteiger partial charge in [0, 0.05) is 30.9 Å². The van der Waals surface area contributed by atoms with Crippen molar-refractivity contribution in [2.24, 2.45) is 0 Å². The van der Waals surface area contributed by atoms with Crippen molar-refractivity contribution in [2.45, 2.75) is 19.4 Å². The Hall–Kier alpha value is -1.76. The van der Waals surface area contributed by atoms with Crippen LogP contribution in [0.1, 0.15) is 12.8 Å². The number of pyridine rings is 1. The molecule has 0 atom stereocenters. The summed E-state index contributed by atoms with van der Waals surface area (Å²) in [6.07, 6.45) is 2.74. The topological polar surface area (TPSA) is 71.8 Å².